The van der Waals surface area contributed by atoms with Crippen molar-refractivity contribution in [2.45, 2.75) is 26.8 Å². The van der Waals surface area contributed by atoms with Crippen LogP contribution in [0.15, 0.2) is 42.9 Å². The topological polar surface area (TPSA) is 36.7 Å². The maximum atomic E-state index is 4.83. The summed E-state index contributed by atoms with van der Waals surface area (Å²) in [6, 6.07) is 8.50. The zero-order valence-electron chi connectivity index (χ0n) is 15.0. The summed E-state index contributed by atoms with van der Waals surface area (Å²) in [6.45, 7) is 9.43. The Bertz CT molecular complexity index is 869. The van der Waals surface area contributed by atoms with Gasteiger partial charge < -0.3 is 9.30 Å². The lowest BCUT2D eigenvalue weighted by atomic mass is 10.3. The minimum absolute atomic E-state index is 0.921. The monoisotopic (exact) mass is 335 g/mol. The Morgan fingerprint density at radius 1 is 1.08 bits per heavy atom. The summed E-state index contributed by atoms with van der Waals surface area (Å²) in [5, 5.41) is 0. The number of anilines is 1. The van der Waals surface area contributed by atoms with Crippen LogP contribution in [0.3, 0.4) is 0 Å². The summed E-state index contributed by atoms with van der Waals surface area (Å²) in [7, 11) is 0. The van der Waals surface area contributed by atoms with Crippen LogP contribution < -0.4 is 4.90 Å². The summed E-state index contributed by atoms with van der Waals surface area (Å²) in [5.41, 5.74) is 5.82. The molecule has 5 nitrogen and oxygen atoms in total. The van der Waals surface area contributed by atoms with Crippen molar-refractivity contribution in [1.29, 1.82) is 0 Å². The zero-order valence-corrected chi connectivity index (χ0v) is 15.0. The average Bonchev–Trinajstić information content (AvgIpc) is 2.87. The van der Waals surface area contributed by atoms with E-state index in [4.69, 9.17) is 4.98 Å². The molecule has 0 aliphatic carbocycles. The van der Waals surface area contributed by atoms with Crippen molar-refractivity contribution >= 4 is 11.3 Å². The number of hydrogen-bond acceptors (Lipinski definition) is 4. The summed E-state index contributed by atoms with van der Waals surface area (Å²) in [4.78, 5) is 14.1. The Hall–Kier alpha value is -2.40. The molecule has 4 heterocycles. The molecule has 3 aromatic rings. The van der Waals surface area contributed by atoms with Crippen LogP contribution in [0.1, 0.15) is 23.4 Å². The van der Waals surface area contributed by atoms with Crippen molar-refractivity contribution in [1.82, 2.24) is 19.3 Å². The third-order valence-electron chi connectivity index (χ3n) is 4.95. The first-order valence-electron chi connectivity index (χ1n) is 9.02. The summed E-state index contributed by atoms with van der Waals surface area (Å²) in [6.07, 6.45) is 7.33. The Morgan fingerprint density at radius 2 is 2.00 bits per heavy atom. The molecule has 1 fully saturated rings. The molecule has 0 unspecified atom stereocenters. The highest BCUT2D eigenvalue weighted by molar-refractivity contribution is 5.48. The van der Waals surface area contributed by atoms with Gasteiger partial charge in [0, 0.05) is 62.7 Å². The number of hydrogen-bond donors (Lipinski definition) is 0. The van der Waals surface area contributed by atoms with Gasteiger partial charge in [-0.15, -0.1) is 0 Å². The average molecular weight is 335 g/mol. The number of nitrogens with zero attached hydrogens (tertiary/aromatic N) is 5. The second-order valence-corrected chi connectivity index (χ2v) is 6.93. The van der Waals surface area contributed by atoms with E-state index < -0.39 is 0 Å². The maximum absolute atomic E-state index is 4.83. The first-order valence-corrected chi connectivity index (χ1v) is 9.02. The molecule has 1 aliphatic rings. The Balaban J connectivity index is 1.44. The molecule has 0 spiro atoms. The maximum Gasteiger partial charge on any atom is 0.139 e. The van der Waals surface area contributed by atoms with E-state index in [1.807, 2.05) is 6.20 Å². The third-order valence-corrected chi connectivity index (χ3v) is 4.95. The van der Waals surface area contributed by atoms with Gasteiger partial charge in [-0.2, -0.15) is 0 Å². The van der Waals surface area contributed by atoms with Gasteiger partial charge in [0.05, 0.1) is 5.69 Å². The van der Waals surface area contributed by atoms with Crippen molar-refractivity contribution in [3.8, 4) is 0 Å². The quantitative estimate of drug-likeness (QED) is 0.737. The zero-order chi connectivity index (χ0) is 17.2. The van der Waals surface area contributed by atoms with E-state index in [0.29, 0.717) is 0 Å². The van der Waals surface area contributed by atoms with E-state index >= 15 is 0 Å². The number of fused-ring (bicyclic) bond motifs is 1. The van der Waals surface area contributed by atoms with Gasteiger partial charge in [0.2, 0.25) is 0 Å². The fourth-order valence-corrected chi connectivity index (χ4v) is 3.62. The highest BCUT2D eigenvalue weighted by Gasteiger charge is 2.17. The SMILES string of the molecule is Cc1cc(N2CCCN(Cc3cn4cccc(C)c4n3)CC2)ccn1. The molecule has 0 aromatic carbocycles. The number of aryl methyl sites for hydroxylation is 2. The summed E-state index contributed by atoms with van der Waals surface area (Å²) >= 11 is 0. The van der Waals surface area contributed by atoms with Crippen LogP contribution in [-0.2, 0) is 6.54 Å². The molecular formula is C20H25N5. The van der Waals surface area contributed by atoms with Gasteiger partial charge in [0.1, 0.15) is 5.65 Å². The Morgan fingerprint density at radius 3 is 2.84 bits per heavy atom. The molecule has 1 aliphatic heterocycles. The van der Waals surface area contributed by atoms with Gasteiger partial charge in [0.15, 0.2) is 0 Å². The smallest absolute Gasteiger partial charge is 0.139 e. The molecule has 1 saturated heterocycles. The molecule has 130 valence electrons. The second kappa shape index (κ2) is 6.84. The predicted molar refractivity (Wildman–Crippen MR) is 101 cm³/mol. The van der Waals surface area contributed by atoms with Crippen molar-refractivity contribution in [3.63, 3.8) is 0 Å². The second-order valence-electron chi connectivity index (χ2n) is 6.93. The van der Waals surface area contributed by atoms with Crippen LogP contribution >= 0.6 is 0 Å². The van der Waals surface area contributed by atoms with Crippen molar-refractivity contribution < 1.29 is 0 Å². The first kappa shape index (κ1) is 16.1. The standard InChI is InChI=1S/C20H25N5/c1-16-5-3-9-25-15-18(22-20(16)25)14-23-8-4-10-24(12-11-23)19-6-7-21-17(2)13-19/h3,5-7,9,13,15H,4,8,10-12,14H2,1-2H3. The summed E-state index contributed by atoms with van der Waals surface area (Å²) < 4.78 is 2.13. The van der Waals surface area contributed by atoms with Crippen LogP contribution in [0.2, 0.25) is 0 Å². The van der Waals surface area contributed by atoms with E-state index in [-0.39, 0.29) is 0 Å². The van der Waals surface area contributed by atoms with Gasteiger partial charge in [-0.1, -0.05) is 6.07 Å². The third kappa shape index (κ3) is 3.51. The van der Waals surface area contributed by atoms with Gasteiger partial charge in [-0.25, -0.2) is 4.98 Å². The van der Waals surface area contributed by atoms with Crippen molar-refractivity contribution in [2.75, 3.05) is 31.1 Å². The number of pyridine rings is 2. The Labute approximate surface area is 148 Å². The molecule has 0 saturated carbocycles. The van der Waals surface area contributed by atoms with Crippen LogP contribution in [0.5, 0.6) is 0 Å². The minimum Gasteiger partial charge on any atom is -0.370 e. The number of rotatable bonds is 3. The van der Waals surface area contributed by atoms with E-state index in [0.717, 1.165) is 49.8 Å². The van der Waals surface area contributed by atoms with Gasteiger partial charge in [0.25, 0.3) is 0 Å². The van der Waals surface area contributed by atoms with E-state index in [1.165, 1.54) is 17.7 Å². The molecule has 0 atom stereocenters. The lowest BCUT2D eigenvalue weighted by molar-refractivity contribution is 0.282. The first-order chi connectivity index (χ1) is 12.2. The number of imidazole rings is 1. The van der Waals surface area contributed by atoms with Crippen LogP contribution in [0.25, 0.3) is 5.65 Å². The number of aromatic nitrogens is 3. The summed E-state index contributed by atoms with van der Waals surface area (Å²) in [5.74, 6) is 0. The van der Waals surface area contributed by atoms with Crippen LogP contribution in [0, 0.1) is 13.8 Å². The van der Waals surface area contributed by atoms with E-state index in [2.05, 4.69) is 69.7 Å². The van der Waals surface area contributed by atoms with Gasteiger partial charge in [-0.3, -0.25) is 9.88 Å². The fourth-order valence-electron chi connectivity index (χ4n) is 3.62. The van der Waals surface area contributed by atoms with Crippen molar-refractivity contribution in [2.24, 2.45) is 0 Å². The molecule has 25 heavy (non-hydrogen) atoms. The molecule has 0 radical (unpaired) electrons. The van der Waals surface area contributed by atoms with Gasteiger partial charge >= 0.3 is 0 Å². The van der Waals surface area contributed by atoms with Crippen LogP contribution in [0.4, 0.5) is 5.69 Å². The van der Waals surface area contributed by atoms with Gasteiger partial charge in [-0.05, 0) is 44.0 Å². The molecule has 5 heteroatoms. The normalized spacial score (nSPS) is 16.3. The predicted octanol–water partition coefficient (Wildman–Crippen LogP) is 3.06. The lowest BCUT2D eigenvalue weighted by Crippen LogP contribution is -2.30. The van der Waals surface area contributed by atoms with E-state index in [9.17, 15) is 0 Å². The highest BCUT2D eigenvalue weighted by Crippen LogP contribution is 2.18. The molecule has 0 amide bonds. The molecular weight excluding hydrogens is 310 g/mol. The highest BCUT2D eigenvalue weighted by atomic mass is 15.2. The lowest BCUT2D eigenvalue weighted by Gasteiger charge is -2.23. The van der Waals surface area contributed by atoms with E-state index in [1.54, 1.807) is 0 Å². The Kier molecular flexibility index (Phi) is 4.40. The fraction of sp³-hybridized carbons (Fsp3) is 0.400. The largest absolute Gasteiger partial charge is 0.370 e. The molecule has 0 N–H and O–H groups in total. The van der Waals surface area contributed by atoms with Crippen molar-refractivity contribution in [3.05, 3.63) is 59.8 Å². The minimum atomic E-state index is 0.921. The van der Waals surface area contributed by atoms with Crippen LogP contribution in [-0.4, -0.2) is 45.4 Å². The molecule has 4 rings (SSSR count). The molecule has 3 aromatic heterocycles. The molecule has 0 bridgehead atoms.